The third-order valence-corrected chi connectivity index (χ3v) is 14.8. The minimum absolute atomic E-state index is 0.0246. The molecule has 3 aliphatic carbocycles. The van der Waals surface area contributed by atoms with Crippen LogP contribution in [0.15, 0.2) is 17.2 Å². The largest absolute Gasteiger partial charge is 0.462 e. The average molecular weight is 789 g/mol. The number of fused-ring (bicyclic) bond motifs is 8. The number of nitrogens with zero attached hydrogens (tertiary/aromatic N) is 2. The topological polar surface area (TPSA) is 124 Å². The van der Waals surface area contributed by atoms with E-state index >= 15 is 0 Å². The molecule has 0 unspecified atom stereocenters. The van der Waals surface area contributed by atoms with Crippen LogP contribution in [-0.2, 0) is 47.5 Å². The summed E-state index contributed by atoms with van der Waals surface area (Å²) in [6, 6.07) is 0.327. The molecule has 0 bridgehead atoms. The fourth-order valence-electron chi connectivity index (χ4n) is 11.0. The van der Waals surface area contributed by atoms with Crippen LogP contribution in [-0.4, -0.2) is 125 Å². The first kappa shape index (κ1) is 41.4. The van der Waals surface area contributed by atoms with Crippen LogP contribution in [0.3, 0.4) is 0 Å². The number of esters is 1. The van der Waals surface area contributed by atoms with Crippen molar-refractivity contribution in [1.82, 2.24) is 9.88 Å². The van der Waals surface area contributed by atoms with Gasteiger partial charge in [0.05, 0.1) is 42.0 Å². The van der Waals surface area contributed by atoms with Crippen LogP contribution in [0.1, 0.15) is 108 Å². The quantitative estimate of drug-likeness (QED) is 0.272. The zero-order chi connectivity index (χ0) is 39.1. The van der Waals surface area contributed by atoms with Crippen molar-refractivity contribution in [3.8, 4) is 0 Å². The summed E-state index contributed by atoms with van der Waals surface area (Å²) in [5.74, 6) is -0.537. The number of aromatic nitrogens is 1. The van der Waals surface area contributed by atoms with E-state index in [0.717, 1.165) is 56.2 Å². The number of carbonyl (C=O) groups is 2. The molecule has 0 N–H and O–H groups in total. The van der Waals surface area contributed by atoms with Crippen molar-refractivity contribution < 1.29 is 47.5 Å². The Bertz CT molecular complexity index is 1520. The summed E-state index contributed by atoms with van der Waals surface area (Å²) >= 11 is 1.68. The number of ether oxygens (including phenoxy) is 8. The van der Waals surface area contributed by atoms with E-state index in [4.69, 9.17) is 42.9 Å². The van der Waals surface area contributed by atoms with Gasteiger partial charge in [0.15, 0.2) is 18.4 Å². The van der Waals surface area contributed by atoms with Crippen LogP contribution < -0.4 is 0 Å². The number of hydrogen-bond donors (Lipinski definition) is 0. The third-order valence-electron chi connectivity index (χ3n) is 13.8. The number of allylic oxidation sites excluding steroid dienone is 2. The smallest absolute Gasteiger partial charge is 0.306 e. The highest BCUT2D eigenvalue weighted by atomic mass is 32.1. The van der Waals surface area contributed by atoms with E-state index in [0.29, 0.717) is 12.5 Å². The number of rotatable bonds is 9. The van der Waals surface area contributed by atoms with E-state index in [1.807, 2.05) is 19.4 Å². The van der Waals surface area contributed by atoms with Gasteiger partial charge in [-0.15, -0.1) is 11.3 Å². The van der Waals surface area contributed by atoms with E-state index in [1.54, 1.807) is 32.7 Å². The molecule has 308 valence electrons. The van der Waals surface area contributed by atoms with Crippen molar-refractivity contribution in [2.75, 3.05) is 35.4 Å². The van der Waals surface area contributed by atoms with Gasteiger partial charge in [-0.1, -0.05) is 19.9 Å². The maximum absolute atomic E-state index is 14.9. The molecule has 0 aromatic carbocycles. The first-order valence-corrected chi connectivity index (χ1v) is 21.6. The summed E-state index contributed by atoms with van der Waals surface area (Å²) in [5.41, 5.74) is 3.68. The molecule has 1 aromatic rings. The molecule has 0 spiro atoms. The fraction of sp³-hybridized carbons (Fsp3) is 0.833. The van der Waals surface area contributed by atoms with Gasteiger partial charge in [-0.25, -0.2) is 4.98 Å². The minimum atomic E-state index is -0.624. The number of hydrogen-bond acceptors (Lipinski definition) is 13. The Morgan fingerprint density at radius 3 is 2.35 bits per heavy atom. The highest BCUT2D eigenvalue weighted by molar-refractivity contribution is 7.09. The second-order valence-corrected chi connectivity index (χ2v) is 18.0. The van der Waals surface area contributed by atoms with E-state index < -0.39 is 18.3 Å². The average Bonchev–Trinajstić information content (AvgIpc) is 3.90. The normalized spacial score (nSPS) is 43.7. The molecule has 6 aliphatic rings. The van der Waals surface area contributed by atoms with Crippen molar-refractivity contribution >= 4 is 23.1 Å². The molecule has 55 heavy (non-hydrogen) atoms. The van der Waals surface area contributed by atoms with Gasteiger partial charge in [0.25, 0.3) is 0 Å². The molecule has 7 rings (SSSR count). The van der Waals surface area contributed by atoms with Crippen molar-refractivity contribution in [3.63, 3.8) is 0 Å². The van der Waals surface area contributed by atoms with E-state index in [2.05, 4.69) is 38.9 Å². The molecule has 3 aliphatic heterocycles. The van der Waals surface area contributed by atoms with Crippen LogP contribution in [0.2, 0.25) is 0 Å². The second kappa shape index (κ2) is 17.6. The van der Waals surface area contributed by atoms with Crippen LogP contribution >= 0.6 is 11.3 Å². The Labute approximate surface area is 331 Å². The van der Waals surface area contributed by atoms with Gasteiger partial charge in [0, 0.05) is 55.9 Å². The third kappa shape index (κ3) is 8.13. The maximum Gasteiger partial charge on any atom is 0.306 e. The Kier molecular flexibility index (Phi) is 13.2. The summed E-state index contributed by atoms with van der Waals surface area (Å²) < 4.78 is 50.0. The van der Waals surface area contributed by atoms with Crippen LogP contribution in [0.5, 0.6) is 0 Å². The molecule has 17 atom stereocenters. The summed E-state index contributed by atoms with van der Waals surface area (Å²) in [4.78, 5) is 37.1. The predicted octanol–water partition coefficient (Wildman–Crippen LogP) is 6.02. The Balaban J connectivity index is 1.16. The molecule has 13 heteroatoms. The number of methoxy groups -OCH3 is 3. The molecular weight excluding hydrogens is 725 g/mol. The summed E-state index contributed by atoms with van der Waals surface area (Å²) in [6.45, 7) is 8.16. The lowest BCUT2D eigenvalue weighted by Gasteiger charge is -2.44. The number of cyclic esters (lactones) is 1. The zero-order valence-corrected chi connectivity index (χ0v) is 35.0. The first-order chi connectivity index (χ1) is 26.5. The van der Waals surface area contributed by atoms with Gasteiger partial charge in [0.1, 0.15) is 24.4 Å². The summed E-state index contributed by atoms with van der Waals surface area (Å²) in [7, 11) is 9.15. The molecule has 1 aromatic heterocycles. The fourth-order valence-corrected chi connectivity index (χ4v) is 12.0. The highest BCUT2D eigenvalue weighted by Crippen LogP contribution is 2.62. The lowest BCUT2D eigenvalue weighted by Crippen LogP contribution is -2.59. The first-order valence-electron chi connectivity index (χ1n) is 20.7. The number of carbonyl (C=O) groups excluding carboxylic acids is 2. The number of Topliss-reactive ketones (excluding diaryl/α,β-unsaturated/α-hetero) is 1. The van der Waals surface area contributed by atoms with Crippen molar-refractivity contribution in [3.05, 3.63) is 27.7 Å². The lowest BCUT2D eigenvalue weighted by atomic mass is 9.67. The molecule has 4 heterocycles. The number of likely N-dealkylation sites (N-methyl/N-ethyl adjacent to an activating group) is 1. The highest BCUT2D eigenvalue weighted by Gasteiger charge is 2.56. The molecule has 0 radical (unpaired) electrons. The molecule has 0 amide bonds. The minimum Gasteiger partial charge on any atom is -0.462 e. The van der Waals surface area contributed by atoms with Gasteiger partial charge in [-0.05, 0) is 96.7 Å². The monoisotopic (exact) mass is 788 g/mol. The maximum atomic E-state index is 14.9. The van der Waals surface area contributed by atoms with E-state index in [9.17, 15) is 9.59 Å². The van der Waals surface area contributed by atoms with E-state index in [-0.39, 0.29) is 96.8 Å². The van der Waals surface area contributed by atoms with Gasteiger partial charge in [0.2, 0.25) is 0 Å². The van der Waals surface area contributed by atoms with E-state index in [1.165, 1.54) is 4.88 Å². The van der Waals surface area contributed by atoms with Crippen LogP contribution in [0.4, 0.5) is 0 Å². The van der Waals surface area contributed by atoms with Gasteiger partial charge < -0.3 is 42.8 Å². The lowest BCUT2D eigenvalue weighted by molar-refractivity contribution is -0.314. The van der Waals surface area contributed by atoms with Crippen LogP contribution in [0.25, 0.3) is 0 Å². The number of ketones is 1. The molecule has 12 nitrogen and oxygen atoms in total. The Hall–Kier alpha value is -1.81. The van der Waals surface area contributed by atoms with Crippen molar-refractivity contribution in [2.45, 2.75) is 165 Å². The van der Waals surface area contributed by atoms with Crippen molar-refractivity contribution in [2.24, 2.45) is 23.7 Å². The molecular formula is C42H64N2O10S. The summed E-state index contributed by atoms with van der Waals surface area (Å²) in [6.07, 6.45) is 5.77. The second-order valence-electron chi connectivity index (χ2n) is 17.1. The van der Waals surface area contributed by atoms with Gasteiger partial charge in [-0.3, -0.25) is 9.59 Å². The SMILES string of the molecule is CC[C@H]1CCC[C@H](O[C@H]2CC[C@H](N(C)C)[C@@H](C)O2)[C@@H](C)C(=O)C2=C[C@H]3[C@@H]4C[C@H](O[C@@H]5O[C@@H](C)[C@H](OC)[C@@H](OC)[C@H]5OC)C[C@H]4c4scnc4[C@H]3[C@@H]2CC(=O)O1. The molecule has 1 saturated carbocycles. The number of thiazole rings is 1. The van der Waals surface area contributed by atoms with Crippen LogP contribution in [0, 0.1) is 23.7 Å². The van der Waals surface area contributed by atoms with Gasteiger partial charge in [-0.2, -0.15) is 0 Å². The molecule has 4 fully saturated rings. The van der Waals surface area contributed by atoms with Gasteiger partial charge >= 0.3 is 5.97 Å². The summed E-state index contributed by atoms with van der Waals surface area (Å²) in [5, 5.41) is 0. The Morgan fingerprint density at radius 2 is 1.65 bits per heavy atom. The van der Waals surface area contributed by atoms with Crippen molar-refractivity contribution in [1.29, 1.82) is 0 Å². The Morgan fingerprint density at radius 1 is 0.891 bits per heavy atom. The predicted molar refractivity (Wildman–Crippen MR) is 206 cm³/mol. The standard InChI is InChI=1S/C42H64N2O10S/c1-10-24-12-11-13-32(54-34-15-14-31(44(5)6)22(3)50-34)21(2)37(46)29-18-27-26-16-25(53-42-40(49-9)39(48-8)38(47-7)23(4)51-42)17-30(26)41-36(43-20-55-41)35(27)28(29)19-33(45)52-24/h18,20-28,30-32,34-35,38-40,42H,10-17,19H2,1-9H3/t21-,22-,23+,24+,25+,26+,27+,28-,30-,31+,32+,34+,35-,38+,39-,40-,42+/m1/s1. The zero-order valence-electron chi connectivity index (χ0n) is 34.2. The molecule has 3 saturated heterocycles.